The average molecular weight is 553 g/mol. The molecule has 3 atom stereocenters. The van der Waals surface area contributed by atoms with E-state index < -0.39 is 18.1 Å². The van der Waals surface area contributed by atoms with Crippen LogP contribution in [-0.2, 0) is 13.0 Å². The lowest BCUT2D eigenvalue weighted by molar-refractivity contribution is 0.142. The normalized spacial score (nSPS) is 23.4. The van der Waals surface area contributed by atoms with Crippen molar-refractivity contribution in [2.45, 2.75) is 69.5 Å². The van der Waals surface area contributed by atoms with Gasteiger partial charge in [0.15, 0.2) is 5.82 Å². The van der Waals surface area contributed by atoms with Gasteiger partial charge in [0.1, 0.15) is 17.8 Å². The Morgan fingerprint density at radius 2 is 1.82 bits per heavy atom. The Balaban J connectivity index is 1.19. The molecule has 3 unspecified atom stereocenters. The minimum atomic E-state index is -0.944. The Bertz CT molecular complexity index is 1320. The SMILES string of the molecule is O=C(O)N1CCN(c2ccc(Nc3ncc(F)c(C4CCC(F)CC4c4cn5c(n4)CCCCC5)n3)nc2)CC1. The highest BCUT2D eigenvalue weighted by molar-refractivity contribution is 5.65. The monoisotopic (exact) mass is 552 g/mol. The molecule has 2 N–H and O–H groups in total. The number of hydrogen-bond acceptors (Lipinski definition) is 7. The first kappa shape index (κ1) is 26.4. The number of halogens is 2. The summed E-state index contributed by atoms with van der Waals surface area (Å²) >= 11 is 0. The molecule has 5 heterocycles. The fourth-order valence-corrected chi connectivity index (χ4v) is 6.18. The summed E-state index contributed by atoms with van der Waals surface area (Å²) in [5.74, 6) is 0.730. The van der Waals surface area contributed by atoms with Crippen molar-refractivity contribution in [3.8, 4) is 0 Å². The van der Waals surface area contributed by atoms with Gasteiger partial charge < -0.3 is 24.8 Å². The molecule has 0 aromatic carbocycles. The first-order chi connectivity index (χ1) is 19.4. The van der Waals surface area contributed by atoms with Gasteiger partial charge in [-0.3, -0.25) is 0 Å². The van der Waals surface area contributed by atoms with Crippen LogP contribution in [0.4, 0.5) is 31.0 Å². The van der Waals surface area contributed by atoms with E-state index >= 15 is 4.39 Å². The Labute approximate surface area is 231 Å². The number of fused-ring (bicyclic) bond motifs is 1. The maximum absolute atomic E-state index is 15.2. The van der Waals surface area contributed by atoms with Crippen molar-refractivity contribution in [3.05, 3.63) is 53.8 Å². The standard InChI is InChI=1S/C28H34F2N8O2/c29-18-5-7-20(21(14-18)23-17-38-9-3-1-2-4-25(38)33-23)26-22(30)16-32-27(35-26)34-24-8-6-19(15-31-24)36-10-12-37(13-11-36)28(39)40/h6,8,15-18,20-21H,1-5,7,9-14H2,(H,39,40)(H,31,32,34,35). The lowest BCUT2D eigenvalue weighted by Crippen LogP contribution is -2.48. The van der Waals surface area contributed by atoms with Crippen molar-refractivity contribution in [1.29, 1.82) is 0 Å². The smallest absolute Gasteiger partial charge is 0.407 e. The van der Waals surface area contributed by atoms with Crippen molar-refractivity contribution in [2.75, 3.05) is 36.4 Å². The summed E-state index contributed by atoms with van der Waals surface area (Å²) in [5.41, 5.74) is 2.00. The van der Waals surface area contributed by atoms with Crippen molar-refractivity contribution in [3.63, 3.8) is 0 Å². The van der Waals surface area contributed by atoms with Crippen LogP contribution in [-0.4, -0.2) is 73.0 Å². The molecule has 0 radical (unpaired) electrons. The Morgan fingerprint density at radius 3 is 2.60 bits per heavy atom. The van der Waals surface area contributed by atoms with E-state index in [1.807, 2.05) is 12.3 Å². The van der Waals surface area contributed by atoms with Gasteiger partial charge in [-0.2, -0.15) is 0 Å². The third-order valence-electron chi connectivity index (χ3n) is 8.37. The van der Waals surface area contributed by atoms with Crippen LogP contribution in [0.2, 0.25) is 0 Å². The summed E-state index contributed by atoms with van der Waals surface area (Å²) in [4.78, 5) is 32.7. The molecule has 0 bridgehead atoms. The molecular formula is C28H34F2N8O2. The molecule has 212 valence electrons. The molecule has 1 amide bonds. The quantitative estimate of drug-likeness (QED) is 0.461. The van der Waals surface area contributed by atoms with Crippen LogP contribution in [0.5, 0.6) is 0 Å². The number of anilines is 3. The second-order valence-corrected chi connectivity index (χ2v) is 10.9. The number of piperazine rings is 1. The Kier molecular flexibility index (Phi) is 7.48. The van der Waals surface area contributed by atoms with Gasteiger partial charge in [-0.05, 0) is 44.2 Å². The maximum atomic E-state index is 15.2. The van der Waals surface area contributed by atoms with Gasteiger partial charge >= 0.3 is 6.09 Å². The van der Waals surface area contributed by atoms with Gasteiger partial charge in [0, 0.05) is 57.2 Å². The van der Waals surface area contributed by atoms with E-state index in [9.17, 15) is 9.18 Å². The number of hydrogen-bond donors (Lipinski definition) is 2. The minimum Gasteiger partial charge on any atom is -0.465 e. The number of carbonyl (C=O) groups is 1. The highest BCUT2D eigenvalue weighted by atomic mass is 19.1. The first-order valence-electron chi connectivity index (χ1n) is 14.1. The molecule has 6 rings (SSSR count). The molecule has 1 saturated carbocycles. The number of pyridine rings is 1. The van der Waals surface area contributed by atoms with Crippen LogP contribution in [0.3, 0.4) is 0 Å². The van der Waals surface area contributed by atoms with E-state index in [2.05, 4.69) is 29.7 Å². The van der Waals surface area contributed by atoms with E-state index in [0.717, 1.165) is 43.0 Å². The van der Waals surface area contributed by atoms with E-state index in [-0.39, 0.29) is 23.5 Å². The summed E-state index contributed by atoms with van der Waals surface area (Å²) in [6.45, 7) is 2.97. The zero-order chi connectivity index (χ0) is 27.6. The van der Waals surface area contributed by atoms with Gasteiger partial charge in [-0.15, -0.1) is 0 Å². The predicted molar refractivity (Wildman–Crippen MR) is 145 cm³/mol. The van der Waals surface area contributed by atoms with Crippen LogP contribution < -0.4 is 10.2 Å². The topological polar surface area (TPSA) is 112 Å². The third-order valence-corrected chi connectivity index (χ3v) is 8.37. The van der Waals surface area contributed by atoms with Gasteiger partial charge in [-0.25, -0.2) is 33.5 Å². The fourth-order valence-electron chi connectivity index (χ4n) is 6.18. The highest BCUT2D eigenvalue weighted by Crippen LogP contribution is 2.45. The molecule has 10 nitrogen and oxygen atoms in total. The van der Waals surface area contributed by atoms with Gasteiger partial charge in [0.2, 0.25) is 5.95 Å². The largest absolute Gasteiger partial charge is 0.465 e. The lowest BCUT2D eigenvalue weighted by atomic mass is 9.75. The molecule has 0 spiro atoms. The van der Waals surface area contributed by atoms with Gasteiger partial charge in [0.25, 0.3) is 0 Å². The number of rotatable bonds is 5. The number of aromatic nitrogens is 5. The molecular weight excluding hydrogens is 518 g/mol. The van der Waals surface area contributed by atoms with Crippen LogP contribution >= 0.6 is 0 Å². The maximum Gasteiger partial charge on any atom is 0.407 e. The second kappa shape index (κ2) is 11.3. The molecule has 1 aliphatic carbocycles. The molecule has 2 fully saturated rings. The fraction of sp³-hybridized carbons (Fsp3) is 0.536. The van der Waals surface area contributed by atoms with Crippen molar-refractivity contribution >= 4 is 23.5 Å². The molecule has 3 aromatic rings. The van der Waals surface area contributed by atoms with E-state index in [1.165, 1.54) is 17.5 Å². The zero-order valence-electron chi connectivity index (χ0n) is 22.3. The third kappa shape index (κ3) is 5.57. The van der Waals surface area contributed by atoms with E-state index in [4.69, 9.17) is 10.1 Å². The molecule has 1 saturated heterocycles. The van der Waals surface area contributed by atoms with Crippen molar-refractivity contribution in [1.82, 2.24) is 29.4 Å². The summed E-state index contributed by atoms with van der Waals surface area (Å²) < 4.78 is 32.0. The second-order valence-electron chi connectivity index (χ2n) is 10.9. The van der Waals surface area contributed by atoms with Gasteiger partial charge in [-0.1, -0.05) is 6.42 Å². The molecule has 2 aliphatic heterocycles. The predicted octanol–water partition coefficient (Wildman–Crippen LogP) is 4.87. The number of alkyl halides is 1. The van der Waals surface area contributed by atoms with E-state index in [0.29, 0.717) is 51.3 Å². The average Bonchev–Trinajstić information content (AvgIpc) is 3.24. The Morgan fingerprint density at radius 1 is 0.975 bits per heavy atom. The summed E-state index contributed by atoms with van der Waals surface area (Å²) in [5, 5.41) is 12.2. The van der Waals surface area contributed by atoms with Crippen LogP contribution in [0.15, 0.2) is 30.7 Å². The Hall–Kier alpha value is -3.83. The minimum absolute atomic E-state index is 0.230. The lowest BCUT2D eigenvalue weighted by Gasteiger charge is -2.34. The number of carboxylic acid groups (broad SMARTS) is 1. The summed E-state index contributed by atoms with van der Waals surface area (Å²) in [6.07, 6.45) is 8.53. The number of imidazole rings is 1. The van der Waals surface area contributed by atoms with Crippen molar-refractivity contribution in [2.24, 2.45) is 0 Å². The van der Waals surface area contributed by atoms with Crippen LogP contribution in [0.1, 0.15) is 67.6 Å². The molecule has 40 heavy (non-hydrogen) atoms. The molecule has 3 aliphatic rings. The summed E-state index contributed by atoms with van der Waals surface area (Å²) in [7, 11) is 0. The summed E-state index contributed by atoms with van der Waals surface area (Å²) in [6, 6.07) is 3.69. The zero-order valence-corrected chi connectivity index (χ0v) is 22.3. The highest BCUT2D eigenvalue weighted by Gasteiger charge is 2.37. The molecule has 12 heteroatoms. The van der Waals surface area contributed by atoms with Crippen molar-refractivity contribution < 1.29 is 18.7 Å². The number of aryl methyl sites for hydroxylation is 2. The first-order valence-corrected chi connectivity index (χ1v) is 14.1. The number of nitrogens with zero attached hydrogens (tertiary/aromatic N) is 7. The van der Waals surface area contributed by atoms with Crippen LogP contribution in [0.25, 0.3) is 0 Å². The van der Waals surface area contributed by atoms with E-state index in [1.54, 1.807) is 12.3 Å². The van der Waals surface area contributed by atoms with Crippen LogP contribution in [0, 0.1) is 5.82 Å². The molecule has 3 aromatic heterocycles. The number of nitrogens with one attached hydrogen (secondary N) is 1. The number of amides is 1. The van der Waals surface area contributed by atoms with Gasteiger partial charge in [0.05, 0.1) is 29.5 Å².